The Kier molecular flexibility index (Phi) is 5.65. The molecule has 4 unspecified atom stereocenters. The Hall–Kier alpha value is 0.350. The Morgan fingerprint density at radius 1 is 0.722 bits per heavy atom. The molecule has 4 atom stereocenters. The van der Waals surface area contributed by atoms with E-state index in [4.69, 9.17) is 0 Å². The number of thioether (sulfide) groups is 1. The summed E-state index contributed by atoms with van der Waals surface area (Å²) in [5, 5.41) is 0. The Bertz CT molecular complexity index is 232. The quantitative estimate of drug-likeness (QED) is 0.629. The van der Waals surface area contributed by atoms with Crippen molar-refractivity contribution in [1.29, 1.82) is 0 Å². The zero-order chi connectivity index (χ0) is 14.1. The van der Waals surface area contributed by atoms with Gasteiger partial charge in [-0.3, -0.25) is 0 Å². The molecule has 0 aromatic carbocycles. The van der Waals surface area contributed by atoms with E-state index in [1.54, 1.807) is 0 Å². The van der Waals surface area contributed by atoms with Crippen LogP contribution in [-0.2, 0) is 0 Å². The van der Waals surface area contributed by atoms with Crippen molar-refractivity contribution in [3.63, 3.8) is 0 Å². The van der Waals surface area contributed by atoms with E-state index in [1.807, 2.05) is 0 Å². The van der Waals surface area contributed by atoms with Crippen LogP contribution in [-0.4, -0.2) is 11.0 Å². The van der Waals surface area contributed by atoms with Crippen LogP contribution >= 0.6 is 11.8 Å². The Morgan fingerprint density at radius 2 is 1.06 bits per heavy atom. The van der Waals surface area contributed by atoms with Gasteiger partial charge in [-0.2, -0.15) is 11.8 Å². The standard InChI is InChI=1S/C17H34S/c1-9-17(10-2,18-8)16-14(6)12(4)11(3)13(5)15(16)7/h11-16H,9-10H2,1-8H3. The van der Waals surface area contributed by atoms with E-state index in [2.05, 4.69) is 66.5 Å². The molecule has 1 saturated carbocycles. The molecule has 0 nitrogen and oxygen atoms in total. The van der Waals surface area contributed by atoms with E-state index >= 15 is 0 Å². The average Bonchev–Trinajstić information content (AvgIpc) is 2.39. The molecule has 18 heavy (non-hydrogen) atoms. The largest absolute Gasteiger partial charge is 0.158 e. The fourth-order valence-electron chi connectivity index (χ4n) is 4.67. The molecule has 0 aromatic rings. The summed E-state index contributed by atoms with van der Waals surface area (Å²) >= 11 is 2.14. The maximum absolute atomic E-state index is 2.52. The van der Waals surface area contributed by atoms with Crippen molar-refractivity contribution < 1.29 is 0 Å². The van der Waals surface area contributed by atoms with Crippen LogP contribution in [0.1, 0.15) is 61.3 Å². The Balaban J connectivity index is 3.11. The van der Waals surface area contributed by atoms with Crippen LogP contribution in [0.5, 0.6) is 0 Å². The smallest absolute Gasteiger partial charge is 0.0185 e. The Labute approximate surface area is 120 Å². The molecule has 1 heteroatoms. The van der Waals surface area contributed by atoms with Gasteiger partial charge in [-0.05, 0) is 54.6 Å². The van der Waals surface area contributed by atoms with Crippen LogP contribution in [0, 0.1) is 35.5 Å². The average molecular weight is 271 g/mol. The highest BCUT2D eigenvalue weighted by Crippen LogP contribution is 2.54. The molecule has 0 spiro atoms. The first-order valence-electron chi connectivity index (χ1n) is 7.91. The zero-order valence-electron chi connectivity index (χ0n) is 13.8. The van der Waals surface area contributed by atoms with Crippen LogP contribution in [0.2, 0.25) is 0 Å². The SMILES string of the molecule is CCC(CC)(SC)C1C(C)C(C)C(C)C(C)C1C. The van der Waals surface area contributed by atoms with Crippen LogP contribution in [0.15, 0.2) is 0 Å². The lowest BCUT2D eigenvalue weighted by molar-refractivity contribution is -0.00277. The van der Waals surface area contributed by atoms with E-state index < -0.39 is 0 Å². The lowest BCUT2D eigenvalue weighted by Crippen LogP contribution is -2.50. The molecule has 0 radical (unpaired) electrons. The van der Waals surface area contributed by atoms with Crippen molar-refractivity contribution in [3.05, 3.63) is 0 Å². The molecular formula is C17H34S. The maximum Gasteiger partial charge on any atom is 0.0185 e. The summed E-state index contributed by atoms with van der Waals surface area (Å²) in [5.41, 5.74) is 0. The van der Waals surface area contributed by atoms with Gasteiger partial charge >= 0.3 is 0 Å². The summed E-state index contributed by atoms with van der Waals surface area (Å²) in [5.74, 6) is 5.21. The summed E-state index contributed by atoms with van der Waals surface area (Å²) in [4.78, 5) is 0. The van der Waals surface area contributed by atoms with Crippen molar-refractivity contribution >= 4 is 11.8 Å². The fraction of sp³-hybridized carbons (Fsp3) is 1.00. The molecule has 0 bridgehead atoms. The third kappa shape index (κ3) is 2.49. The van der Waals surface area contributed by atoms with Gasteiger partial charge in [0.1, 0.15) is 0 Å². The lowest BCUT2D eigenvalue weighted by atomic mass is 9.55. The molecule has 0 heterocycles. The minimum Gasteiger partial charge on any atom is -0.158 e. The third-order valence-electron chi connectivity index (χ3n) is 6.66. The van der Waals surface area contributed by atoms with Gasteiger partial charge < -0.3 is 0 Å². The van der Waals surface area contributed by atoms with E-state index in [0.717, 1.165) is 35.5 Å². The molecule has 0 aromatic heterocycles. The molecule has 0 aliphatic heterocycles. The molecule has 1 aliphatic carbocycles. The van der Waals surface area contributed by atoms with Crippen LogP contribution in [0.25, 0.3) is 0 Å². The molecular weight excluding hydrogens is 236 g/mol. The highest BCUT2D eigenvalue weighted by atomic mass is 32.2. The number of rotatable bonds is 4. The van der Waals surface area contributed by atoms with Gasteiger partial charge in [-0.1, -0.05) is 48.5 Å². The van der Waals surface area contributed by atoms with Crippen LogP contribution < -0.4 is 0 Å². The van der Waals surface area contributed by atoms with Crippen LogP contribution in [0.4, 0.5) is 0 Å². The van der Waals surface area contributed by atoms with Crippen molar-refractivity contribution in [2.75, 3.05) is 6.26 Å². The van der Waals surface area contributed by atoms with Gasteiger partial charge in [0.2, 0.25) is 0 Å². The normalized spacial score (nSPS) is 42.0. The number of hydrogen-bond acceptors (Lipinski definition) is 1. The summed E-state index contributed by atoms with van der Waals surface area (Å²) < 4.78 is 0.501. The van der Waals surface area contributed by atoms with Gasteiger partial charge in [0.05, 0.1) is 0 Å². The zero-order valence-corrected chi connectivity index (χ0v) is 14.6. The van der Waals surface area contributed by atoms with Gasteiger partial charge in [-0.15, -0.1) is 0 Å². The molecule has 1 fully saturated rings. The highest BCUT2D eigenvalue weighted by Gasteiger charge is 2.49. The fourth-order valence-corrected chi connectivity index (χ4v) is 5.95. The second kappa shape index (κ2) is 6.20. The summed E-state index contributed by atoms with van der Waals surface area (Å²) in [6.07, 6.45) is 4.97. The van der Waals surface area contributed by atoms with E-state index in [1.165, 1.54) is 12.8 Å². The molecule has 0 saturated heterocycles. The van der Waals surface area contributed by atoms with Gasteiger partial charge in [-0.25, -0.2) is 0 Å². The second-order valence-electron chi connectivity index (χ2n) is 6.80. The predicted molar refractivity (Wildman–Crippen MR) is 86.1 cm³/mol. The van der Waals surface area contributed by atoms with Crippen molar-refractivity contribution in [2.45, 2.75) is 66.1 Å². The van der Waals surface area contributed by atoms with E-state index in [-0.39, 0.29) is 0 Å². The van der Waals surface area contributed by atoms with Crippen LogP contribution in [0.3, 0.4) is 0 Å². The number of hydrogen-bond donors (Lipinski definition) is 0. The first-order chi connectivity index (χ1) is 8.36. The molecule has 0 amide bonds. The van der Waals surface area contributed by atoms with E-state index in [0.29, 0.717) is 4.75 Å². The summed E-state index contributed by atoms with van der Waals surface area (Å²) in [6.45, 7) is 17.3. The summed E-state index contributed by atoms with van der Waals surface area (Å²) in [7, 11) is 0. The minimum absolute atomic E-state index is 0.501. The molecule has 108 valence electrons. The minimum atomic E-state index is 0.501. The van der Waals surface area contributed by atoms with Gasteiger partial charge in [0, 0.05) is 4.75 Å². The van der Waals surface area contributed by atoms with Crippen molar-refractivity contribution in [3.8, 4) is 0 Å². The molecule has 1 rings (SSSR count). The lowest BCUT2D eigenvalue weighted by Gasteiger charge is -2.54. The Morgan fingerprint density at radius 3 is 1.33 bits per heavy atom. The third-order valence-corrected chi connectivity index (χ3v) is 8.32. The molecule has 0 N–H and O–H groups in total. The maximum atomic E-state index is 2.52. The summed E-state index contributed by atoms with van der Waals surface area (Å²) in [6, 6.07) is 0. The van der Waals surface area contributed by atoms with Crippen molar-refractivity contribution in [1.82, 2.24) is 0 Å². The van der Waals surface area contributed by atoms with Gasteiger partial charge in [0.15, 0.2) is 0 Å². The van der Waals surface area contributed by atoms with Crippen molar-refractivity contribution in [2.24, 2.45) is 35.5 Å². The molecule has 1 aliphatic rings. The van der Waals surface area contributed by atoms with Gasteiger partial charge in [0.25, 0.3) is 0 Å². The first-order valence-corrected chi connectivity index (χ1v) is 9.13. The monoisotopic (exact) mass is 270 g/mol. The van der Waals surface area contributed by atoms with E-state index in [9.17, 15) is 0 Å². The highest BCUT2D eigenvalue weighted by molar-refractivity contribution is 8.00. The first kappa shape index (κ1) is 16.4. The topological polar surface area (TPSA) is 0 Å². The second-order valence-corrected chi connectivity index (χ2v) is 8.02. The predicted octanol–water partition coefficient (Wildman–Crippen LogP) is 5.72.